The van der Waals surface area contributed by atoms with E-state index in [-0.39, 0.29) is 6.04 Å². The molecule has 4 heteroatoms. The quantitative estimate of drug-likeness (QED) is 0.907. The van der Waals surface area contributed by atoms with E-state index >= 15 is 0 Å². The number of benzene rings is 2. The number of aryl methyl sites for hydroxylation is 2. The predicted molar refractivity (Wildman–Crippen MR) is 91.0 cm³/mol. The maximum Gasteiger partial charge on any atom is 0.0501 e. The molecule has 2 N–H and O–H groups in total. The maximum absolute atomic E-state index is 12.3. The number of hydrogen-bond acceptors (Lipinski definition) is 2. The van der Waals surface area contributed by atoms with Gasteiger partial charge in [0, 0.05) is 27.6 Å². The van der Waals surface area contributed by atoms with E-state index in [0.29, 0.717) is 16.5 Å². The second-order valence-electron chi connectivity index (χ2n) is 5.37. The highest BCUT2D eigenvalue weighted by molar-refractivity contribution is 7.84. The van der Waals surface area contributed by atoms with Gasteiger partial charge in [0.2, 0.25) is 0 Å². The highest BCUT2D eigenvalue weighted by Gasteiger charge is 2.13. The van der Waals surface area contributed by atoms with Gasteiger partial charge in [-0.15, -0.1) is 0 Å². The minimum Gasteiger partial charge on any atom is -0.323 e. The van der Waals surface area contributed by atoms with Gasteiger partial charge in [0.05, 0.1) is 5.75 Å². The molecule has 2 rings (SSSR count). The van der Waals surface area contributed by atoms with Crippen molar-refractivity contribution in [1.29, 1.82) is 0 Å². The summed E-state index contributed by atoms with van der Waals surface area (Å²) in [6.07, 6.45) is 0. The largest absolute Gasteiger partial charge is 0.323 e. The van der Waals surface area contributed by atoms with Crippen molar-refractivity contribution in [1.82, 2.24) is 0 Å². The van der Waals surface area contributed by atoms with E-state index in [1.54, 1.807) is 0 Å². The Labute approximate surface area is 133 Å². The first-order chi connectivity index (χ1) is 9.95. The van der Waals surface area contributed by atoms with Gasteiger partial charge in [-0.2, -0.15) is 0 Å². The van der Waals surface area contributed by atoms with Gasteiger partial charge in [0.25, 0.3) is 0 Å². The van der Waals surface area contributed by atoms with E-state index < -0.39 is 10.8 Å². The third kappa shape index (κ3) is 4.67. The highest BCUT2D eigenvalue weighted by Crippen LogP contribution is 2.20. The van der Waals surface area contributed by atoms with Crippen molar-refractivity contribution in [3.8, 4) is 0 Å². The van der Waals surface area contributed by atoms with Crippen LogP contribution >= 0.6 is 11.6 Å². The molecule has 0 saturated heterocycles. The molecule has 0 heterocycles. The first-order valence-corrected chi connectivity index (χ1v) is 8.74. The van der Waals surface area contributed by atoms with Crippen LogP contribution in [0.1, 0.15) is 28.3 Å². The van der Waals surface area contributed by atoms with Gasteiger partial charge in [-0.25, -0.2) is 0 Å². The monoisotopic (exact) mass is 321 g/mol. The molecule has 2 atom stereocenters. The second kappa shape index (κ2) is 7.21. The Kier molecular flexibility index (Phi) is 5.57. The molecule has 21 heavy (non-hydrogen) atoms. The van der Waals surface area contributed by atoms with Crippen molar-refractivity contribution in [3.63, 3.8) is 0 Å². The average Bonchev–Trinajstić information content (AvgIpc) is 2.40. The molecule has 0 amide bonds. The molecule has 2 aromatic rings. The van der Waals surface area contributed by atoms with Gasteiger partial charge in [-0.05, 0) is 31.0 Å². The zero-order valence-electron chi connectivity index (χ0n) is 12.3. The molecule has 112 valence electrons. The number of nitrogens with two attached hydrogens (primary N) is 1. The number of halogens is 1. The van der Waals surface area contributed by atoms with E-state index in [9.17, 15) is 4.21 Å². The van der Waals surface area contributed by atoms with Crippen LogP contribution in [0.3, 0.4) is 0 Å². The molecule has 0 saturated carbocycles. The van der Waals surface area contributed by atoms with Gasteiger partial charge < -0.3 is 5.73 Å². The molecule has 0 aromatic heterocycles. The molecular weight excluding hydrogens is 302 g/mol. The summed E-state index contributed by atoms with van der Waals surface area (Å²) in [4.78, 5) is 0. The summed E-state index contributed by atoms with van der Waals surface area (Å²) < 4.78 is 12.3. The normalized spacial score (nSPS) is 13.9. The minimum absolute atomic E-state index is 0.216. The Morgan fingerprint density at radius 3 is 2.38 bits per heavy atom. The lowest BCUT2D eigenvalue weighted by Crippen LogP contribution is -2.19. The van der Waals surface area contributed by atoms with Crippen LogP contribution in [0.15, 0.2) is 42.5 Å². The van der Waals surface area contributed by atoms with Crippen LogP contribution in [0.5, 0.6) is 0 Å². The van der Waals surface area contributed by atoms with Crippen molar-refractivity contribution in [3.05, 3.63) is 69.7 Å². The fourth-order valence-electron chi connectivity index (χ4n) is 2.37. The lowest BCUT2D eigenvalue weighted by atomic mass is 10.0. The fraction of sp³-hybridized carbons (Fsp3) is 0.294. The van der Waals surface area contributed by atoms with Gasteiger partial charge in [-0.1, -0.05) is 59.1 Å². The van der Waals surface area contributed by atoms with Crippen LogP contribution in [0.2, 0.25) is 5.02 Å². The maximum atomic E-state index is 12.3. The Bertz CT molecular complexity index is 637. The lowest BCUT2D eigenvalue weighted by Gasteiger charge is -2.14. The van der Waals surface area contributed by atoms with Crippen molar-refractivity contribution >= 4 is 22.4 Å². The van der Waals surface area contributed by atoms with Crippen LogP contribution < -0.4 is 5.73 Å². The van der Waals surface area contributed by atoms with E-state index in [2.05, 4.69) is 18.2 Å². The summed E-state index contributed by atoms with van der Waals surface area (Å²) in [7, 11) is -1.03. The highest BCUT2D eigenvalue weighted by atomic mass is 35.5. The number of hydrogen-bond donors (Lipinski definition) is 1. The molecule has 0 radical (unpaired) electrons. The molecule has 2 aromatic carbocycles. The molecule has 0 aliphatic heterocycles. The smallest absolute Gasteiger partial charge is 0.0501 e. The van der Waals surface area contributed by atoms with E-state index in [1.165, 1.54) is 11.1 Å². The van der Waals surface area contributed by atoms with Gasteiger partial charge in [-0.3, -0.25) is 4.21 Å². The molecule has 2 unspecified atom stereocenters. The summed E-state index contributed by atoms with van der Waals surface area (Å²) in [5, 5.41) is 0.658. The Balaban J connectivity index is 2.04. The minimum atomic E-state index is -1.03. The van der Waals surface area contributed by atoms with Crippen molar-refractivity contribution in [2.75, 3.05) is 5.75 Å². The van der Waals surface area contributed by atoms with E-state index in [1.807, 2.05) is 38.1 Å². The van der Waals surface area contributed by atoms with Crippen LogP contribution in [0.25, 0.3) is 0 Å². The van der Waals surface area contributed by atoms with E-state index in [0.717, 1.165) is 11.1 Å². The van der Waals surface area contributed by atoms with Gasteiger partial charge >= 0.3 is 0 Å². The fourth-order valence-corrected chi connectivity index (χ4v) is 3.96. The first-order valence-electron chi connectivity index (χ1n) is 6.88. The van der Waals surface area contributed by atoms with E-state index in [4.69, 9.17) is 17.3 Å². The first kappa shape index (κ1) is 16.2. The van der Waals surface area contributed by atoms with Crippen LogP contribution in [0, 0.1) is 13.8 Å². The van der Waals surface area contributed by atoms with Crippen molar-refractivity contribution in [2.24, 2.45) is 5.73 Å². The Hall–Kier alpha value is -1.16. The second-order valence-corrected chi connectivity index (χ2v) is 7.28. The summed E-state index contributed by atoms with van der Waals surface area (Å²) in [5.41, 5.74) is 10.5. The Morgan fingerprint density at radius 2 is 1.76 bits per heavy atom. The Morgan fingerprint density at radius 1 is 1.14 bits per heavy atom. The average molecular weight is 322 g/mol. The predicted octanol–water partition coefficient (Wildman–Crippen LogP) is 3.91. The topological polar surface area (TPSA) is 43.1 Å². The molecule has 0 aliphatic carbocycles. The zero-order valence-corrected chi connectivity index (χ0v) is 13.9. The lowest BCUT2D eigenvalue weighted by molar-refractivity contribution is 0.674. The summed E-state index contributed by atoms with van der Waals surface area (Å²) >= 11 is 6.10. The molecule has 0 fully saturated rings. The van der Waals surface area contributed by atoms with Crippen molar-refractivity contribution in [2.45, 2.75) is 25.6 Å². The number of rotatable bonds is 5. The van der Waals surface area contributed by atoms with Crippen LogP contribution in [0.4, 0.5) is 0 Å². The molecule has 0 spiro atoms. The van der Waals surface area contributed by atoms with Gasteiger partial charge in [0.15, 0.2) is 0 Å². The van der Waals surface area contributed by atoms with Crippen LogP contribution in [-0.4, -0.2) is 9.96 Å². The molecule has 0 aliphatic rings. The zero-order chi connectivity index (χ0) is 15.4. The SMILES string of the molecule is Cc1cc(C)cc(C(N)CS(=O)Cc2ccccc2Cl)c1. The molecular formula is C17H20ClNOS. The third-order valence-corrected chi connectivity index (χ3v) is 5.04. The summed E-state index contributed by atoms with van der Waals surface area (Å²) in [5.74, 6) is 0.881. The van der Waals surface area contributed by atoms with Crippen molar-refractivity contribution < 1.29 is 4.21 Å². The molecule has 0 bridgehead atoms. The summed E-state index contributed by atoms with van der Waals surface area (Å²) in [6.45, 7) is 4.09. The third-order valence-electron chi connectivity index (χ3n) is 3.31. The van der Waals surface area contributed by atoms with Gasteiger partial charge in [0.1, 0.15) is 0 Å². The summed E-state index contributed by atoms with van der Waals surface area (Å²) in [6, 6.07) is 13.5. The van der Waals surface area contributed by atoms with Crippen LogP contribution in [-0.2, 0) is 16.6 Å². The molecule has 2 nitrogen and oxygen atoms in total. The standard InChI is InChI=1S/C17H20ClNOS/c1-12-7-13(2)9-15(8-12)17(19)11-21(20)10-14-5-3-4-6-16(14)18/h3-9,17H,10-11,19H2,1-2H3.